The molecule has 0 saturated carbocycles. The van der Waals surface area contributed by atoms with E-state index in [-0.39, 0.29) is 11.8 Å². The van der Waals surface area contributed by atoms with E-state index in [1.165, 1.54) is 0 Å². The highest BCUT2D eigenvalue weighted by molar-refractivity contribution is 5.78. The number of H-pyrrole nitrogens is 1. The maximum Gasteiger partial charge on any atom is 0.227 e. The van der Waals surface area contributed by atoms with E-state index in [0.29, 0.717) is 12.4 Å². The summed E-state index contributed by atoms with van der Waals surface area (Å²) in [6, 6.07) is 0. The number of amides is 1. The molecule has 2 rings (SSSR count). The molecule has 1 saturated heterocycles. The molecule has 2 heterocycles. The lowest BCUT2D eigenvalue weighted by Gasteiger charge is -2.26. The van der Waals surface area contributed by atoms with Crippen LogP contribution in [0.4, 0.5) is 0 Å². The van der Waals surface area contributed by atoms with Gasteiger partial charge in [-0.1, -0.05) is 0 Å². The summed E-state index contributed by atoms with van der Waals surface area (Å²) in [7, 11) is 1.81. The Kier molecular flexibility index (Phi) is 3.73. The van der Waals surface area contributed by atoms with E-state index in [2.05, 4.69) is 20.5 Å². The van der Waals surface area contributed by atoms with E-state index in [9.17, 15) is 4.79 Å². The number of nitrogens with zero attached hydrogens (tertiary/aromatic N) is 3. The second kappa shape index (κ2) is 5.27. The number of carbonyl (C=O) groups excluding carboxylic acids is 1. The number of piperidine rings is 1. The fraction of sp³-hybridized carbons (Fsp3) is 0.727. The average molecular weight is 237 g/mol. The summed E-state index contributed by atoms with van der Waals surface area (Å²) >= 11 is 0. The van der Waals surface area contributed by atoms with E-state index in [4.69, 9.17) is 0 Å². The van der Waals surface area contributed by atoms with Crippen LogP contribution in [0.5, 0.6) is 0 Å². The van der Waals surface area contributed by atoms with Gasteiger partial charge in [-0.2, -0.15) is 5.10 Å². The molecular formula is C11H19N5O. The van der Waals surface area contributed by atoms with Gasteiger partial charge in [-0.05, 0) is 26.3 Å². The van der Waals surface area contributed by atoms with Gasteiger partial charge in [0.2, 0.25) is 5.91 Å². The Morgan fingerprint density at radius 3 is 3.00 bits per heavy atom. The summed E-state index contributed by atoms with van der Waals surface area (Å²) in [5.74, 6) is 1.73. The zero-order chi connectivity index (χ0) is 12.3. The molecule has 17 heavy (non-hydrogen) atoms. The van der Waals surface area contributed by atoms with E-state index in [1.807, 2.05) is 14.0 Å². The molecule has 1 aliphatic rings. The Balaban J connectivity index is 1.90. The second-order valence-electron chi connectivity index (χ2n) is 4.57. The number of hydrogen-bond donors (Lipinski definition) is 2. The van der Waals surface area contributed by atoms with Crippen molar-refractivity contribution in [1.82, 2.24) is 25.4 Å². The van der Waals surface area contributed by atoms with E-state index in [1.54, 1.807) is 4.90 Å². The molecule has 0 aliphatic carbocycles. The van der Waals surface area contributed by atoms with Crippen molar-refractivity contribution in [3.63, 3.8) is 0 Å². The third-order valence-electron chi connectivity index (χ3n) is 3.04. The highest BCUT2D eigenvalue weighted by Crippen LogP contribution is 2.13. The molecule has 6 heteroatoms. The molecule has 1 unspecified atom stereocenters. The molecule has 1 aromatic rings. The molecule has 6 nitrogen and oxygen atoms in total. The highest BCUT2D eigenvalue weighted by atomic mass is 16.2. The largest absolute Gasteiger partial charge is 0.338 e. The third-order valence-corrected chi connectivity index (χ3v) is 3.04. The summed E-state index contributed by atoms with van der Waals surface area (Å²) in [5.41, 5.74) is 0. The van der Waals surface area contributed by atoms with Crippen molar-refractivity contribution in [2.24, 2.45) is 5.92 Å². The van der Waals surface area contributed by atoms with Crippen LogP contribution in [0.2, 0.25) is 0 Å². The molecule has 94 valence electrons. The predicted octanol–water partition coefficient (Wildman–Crippen LogP) is 0.0711. The molecule has 0 radical (unpaired) electrons. The van der Waals surface area contributed by atoms with Gasteiger partial charge in [0, 0.05) is 13.6 Å². The van der Waals surface area contributed by atoms with E-state index in [0.717, 1.165) is 31.8 Å². The monoisotopic (exact) mass is 237 g/mol. The van der Waals surface area contributed by atoms with Crippen LogP contribution >= 0.6 is 0 Å². The van der Waals surface area contributed by atoms with E-state index >= 15 is 0 Å². The van der Waals surface area contributed by atoms with Gasteiger partial charge in [-0.15, -0.1) is 0 Å². The SMILES string of the molecule is Cc1nc(CN(C)C(=O)C2CCCNC2)n[nH]1. The first-order chi connectivity index (χ1) is 8.16. The van der Waals surface area contributed by atoms with Crippen LogP contribution in [0.25, 0.3) is 0 Å². The smallest absolute Gasteiger partial charge is 0.227 e. The van der Waals surface area contributed by atoms with Crippen LogP contribution in [0.15, 0.2) is 0 Å². The normalized spacial score (nSPS) is 20.2. The summed E-state index contributed by atoms with van der Waals surface area (Å²) in [6.45, 7) is 4.13. The molecular weight excluding hydrogens is 218 g/mol. The molecule has 0 spiro atoms. The fourth-order valence-electron chi connectivity index (χ4n) is 2.12. The predicted molar refractivity (Wildman–Crippen MR) is 63.2 cm³/mol. The van der Waals surface area contributed by atoms with Gasteiger partial charge in [0.25, 0.3) is 0 Å². The van der Waals surface area contributed by atoms with Gasteiger partial charge < -0.3 is 10.2 Å². The first-order valence-corrected chi connectivity index (χ1v) is 6.00. The maximum absolute atomic E-state index is 12.1. The van der Waals surface area contributed by atoms with Crippen molar-refractivity contribution >= 4 is 5.91 Å². The van der Waals surface area contributed by atoms with Crippen LogP contribution in [-0.4, -0.2) is 46.1 Å². The average Bonchev–Trinajstić information content (AvgIpc) is 2.75. The number of nitrogens with one attached hydrogen (secondary N) is 2. The van der Waals surface area contributed by atoms with Crippen molar-refractivity contribution in [3.8, 4) is 0 Å². The van der Waals surface area contributed by atoms with Crippen LogP contribution in [0.1, 0.15) is 24.5 Å². The minimum Gasteiger partial charge on any atom is -0.338 e. The maximum atomic E-state index is 12.1. The summed E-state index contributed by atoms with van der Waals surface area (Å²) in [6.07, 6.45) is 2.05. The van der Waals surface area contributed by atoms with Gasteiger partial charge in [0.15, 0.2) is 5.82 Å². The number of aromatic amines is 1. The zero-order valence-electron chi connectivity index (χ0n) is 10.4. The van der Waals surface area contributed by atoms with Gasteiger partial charge >= 0.3 is 0 Å². The zero-order valence-corrected chi connectivity index (χ0v) is 10.4. The number of carbonyl (C=O) groups is 1. The standard InChI is InChI=1S/C11H19N5O/c1-8-13-10(15-14-8)7-16(2)11(17)9-4-3-5-12-6-9/h9,12H,3-7H2,1-2H3,(H,13,14,15). The third kappa shape index (κ3) is 3.03. The van der Waals surface area contributed by atoms with Crippen molar-refractivity contribution in [2.75, 3.05) is 20.1 Å². The second-order valence-corrected chi connectivity index (χ2v) is 4.57. The number of rotatable bonds is 3. The van der Waals surface area contributed by atoms with Crippen LogP contribution in [-0.2, 0) is 11.3 Å². The highest BCUT2D eigenvalue weighted by Gasteiger charge is 2.24. The van der Waals surface area contributed by atoms with Gasteiger partial charge in [0.1, 0.15) is 5.82 Å². The lowest BCUT2D eigenvalue weighted by molar-refractivity contribution is -0.135. The molecule has 0 aromatic carbocycles. The van der Waals surface area contributed by atoms with Crippen molar-refractivity contribution in [1.29, 1.82) is 0 Å². The molecule has 0 bridgehead atoms. The first-order valence-electron chi connectivity index (χ1n) is 6.00. The fourth-order valence-corrected chi connectivity index (χ4v) is 2.12. The molecule has 1 atom stereocenters. The van der Waals surface area contributed by atoms with Crippen molar-refractivity contribution < 1.29 is 4.79 Å². The van der Waals surface area contributed by atoms with Crippen molar-refractivity contribution in [2.45, 2.75) is 26.3 Å². The minimum atomic E-state index is 0.105. The Bertz CT molecular complexity index is 383. The summed E-state index contributed by atoms with van der Waals surface area (Å²) < 4.78 is 0. The topological polar surface area (TPSA) is 73.9 Å². The first kappa shape index (κ1) is 12.0. The molecule has 1 fully saturated rings. The Labute approximate surface area is 101 Å². The van der Waals surface area contributed by atoms with Crippen molar-refractivity contribution in [3.05, 3.63) is 11.6 Å². The molecule has 1 amide bonds. The lowest BCUT2D eigenvalue weighted by atomic mass is 9.98. The summed E-state index contributed by atoms with van der Waals surface area (Å²) in [5, 5.41) is 10.1. The van der Waals surface area contributed by atoms with Crippen LogP contribution in [0.3, 0.4) is 0 Å². The van der Waals surface area contributed by atoms with Crippen LogP contribution < -0.4 is 5.32 Å². The Morgan fingerprint density at radius 2 is 2.41 bits per heavy atom. The summed E-state index contributed by atoms with van der Waals surface area (Å²) in [4.78, 5) is 18.0. The molecule has 1 aromatic heterocycles. The number of hydrogen-bond acceptors (Lipinski definition) is 4. The quantitative estimate of drug-likeness (QED) is 0.780. The lowest BCUT2D eigenvalue weighted by Crippen LogP contribution is -2.41. The van der Waals surface area contributed by atoms with Gasteiger partial charge in [-0.25, -0.2) is 4.98 Å². The van der Waals surface area contributed by atoms with Gasteiger partial charge in [0.05, 0.1) is 12.5 Å². The number of aromatic nitrogens is 3. The van der Waals surface area contributed by atoms with Gasteiger partial charge in [-0.3, -0.25) is 9.89 Å². The Hall–Kier alpha value is -1.43. The molecule has 1 aliphatic heterocycles. The Morgan fingerprint density at radius 1 is 1.59 bits per heavy atom. The van der Waals surface area contributed by atoms with Crippen LogP contribution in [0, 0.1) is 12.8 Å². The van der Waals surface area contributed by atoms with E-state index < -0.39 is 0 Å². The minimum absolute atomic E-state index is 0.105. The number of aryl methyl sites for hydroxylation is 1. The molecule has 2 N–H and O–H groups in total.